The highest BCUT2D eigenvalue weighted by atomic mass is 15.3. The fourth-order valence-electron chi connectivity index (χ4n) is 2.72. The first-order valence-corrected chi connectivity index (χ1v) is 5.81. The lowest BCUT2D eigenvalue weighted by Crippen LogP contribution is -2.58. The van der Waals surface area contributed by atoms with Crippen LogP contribution in [0.2, 0.25) is 0 Å². The van der Waals surface area contributed by atoms with E-state index in [1.165, 1.54) is 31.3 Å². The van der Waals surface area contributed by atoms with Gasteiger partial charge in [-0.25, -0.2) is 0 Å². The van der Waals surface area contributed by atoms with Crippen LogP contribution in [0.3, 0.4) is 0 Å². The number of allylic oxidation sites excluding steroid dienone is 1. The van der Waals surface area contributed by atoms with Crippen LogP contribution in [-0.4, -0.2) is 30.6 Å². The molecule has 1 rings (SSSR count). The smallest absolute Gasteiger partial charge is 0.0576 e. The standard InChI is InChI=1S/C12H25N3/c1-10(2)9-11(14-13)12(15(3)4)7-5-6-8-12/h9,11,14H,5-8,13H2,1-4H3. The molecule has 0 aliphatic heterocycles. The van der Waals surface area contributed by atoms with Crippen LogP contribution in [0.4, 0.5) is 0 Å². The third kappa shape index (κ3) is 2.60. The van der Waals surface area contributed by atoms with Gasteiger partial charge in [0.15, 0.2) is 0 Å². The normalized spacial score (nSPS) is 21.7. The van der Waals surface area contributed by atoms with E-state index in [4.69, 9.17) is 5.84 Å². The van der Waals surface area contributed by atoms with E-state index in [9.17, 15) is 0 Å². The zero-order chi connectivity index (χ0) is 11.5. The Morgan fingerprint density at radius 1 is 1.33 bits per heavy atom. The molecule has 0 aromatic heterocycles. The fourth-order valence-corrected chi connectivity index (χ4v) is 2.72. The molecule has 1 atom stereocenters. The Bertz CT molecular complexity index is 223. The maximum absolute atomic E-state index is 5.70. The van der Waals surface area contributed by atoms with Gasteiger partial charge in [0.25, 0.3) is 0 Å². The average molecular weight is 211 g/mol. The summed E-state index contributed by atoms with van der Waals surface area (Å²) in [6, 6.07) is 0.264. The van der Waals surface area contributed by atoms with Gasteiger partial charge in [-0.3, -0.25) is 11.3 Å². The Labute approximate surface area is 93.7 Å². The summed E-state index contributed by atoms with van der Waals surface area (Å²) in [7, 11) is 4.32. The number of nitrogens with zero attached hydrogens (tertiary/aromatic N) is 1. The first kappa shape index (κ1) is 12.7. The van der Waals surface area contributed by atoms with E-state index in [2.05, 4.69) is 44.3 Å². The van der Waals surface area contributed by atoms with Gasteiger partial charge < -0.3 is 4.90 Å². The van der Waals surface area contributed by atoms with E-state index in [0.29, 0.717) is 0 Å². The van der Waals surface area contributed by atoms with Crippen molar-refractivity contribution < 1.29 is 0 Å². The summed E-state index contributed by atoms with van der Waals surface area (Å²) in [6.45, 7) is 4.26. The molecule has 1 fully saturated rings. The Kier molecular flexibility index (Phi) is 4.32. The van der Waals surface area contributed by atoms with Crippen LogP contribution >= 0.6 is 0 Å². The van der Waals surface area contributed by atoms with Crippen molar-refractivity contribution in [1.82, 2.24) is 10.3 Å². The maximum Gasteiger partial charge on any atom is 0.0576 e. The SMILES string of the molecule is CC(C)=CC(NN)C1(N(C)C)CCCC1. The number of hydrogen-bond donors (Lipinski definition) is 2. The molecular formula is C12H25N3. The third-order valence-corrected chi connectivity index (χ3v) is 3.62. The van der Waals surface area contributed by atoms with Gasteiger partial charge in [-0.15, -0.1) is 0 Å². The van der Waals surface area contributed by atoms with E-state index in [-0.39, 0.29) is 11.6 Å². The van der Waals surface area contributed by atoms with Gasteiger partial charge in [0, 0.05) is 5.54 Å². The van der Waals surface area contributed by atoms with E-state index < -0.39 is 0 Å². The zero-order valence-electron chi connectivity index (χ0n) is 10.5. The molecule has 0 bridgehead atoms. The summed E-state index contributed by atoms with van der Waals surface area (Å²) < 4.78 is 0. The zero-order valence-corrected chi connectivity index (χ0v) is 10.5. The lowest BCUT2D eigenvalue weighted by atomic mass is 9.86. The molecule has 88 valence electrons. The van der Waals surface area contributed by atoms with Gasteiger partial charge in [0.05, 0.1) is 6.04 Å². The number of nitrogens with two attached hydrogens (primary N) is 1. The highest BCUT2D eigenvalue weighted by Crippen LogP contribution is 2.37. The van der Waals surface area contributed by atoms with E-state index in [1.807, 2.05) is 0 Å². The second-order valence-electron chi connectivity index (χ2n) is 5.09. The van der Waals surface area contributed by atoms with Crippen molar-refractivity contribution in [2.75, 3.05) is 14.1 Å². The lowest BCUT2D eigenvalue weighted by Gasteiger charge is -2.42. The van der Waals surface area contributed by atoms with Gasteiger partial charge >= 0.3 is 0 Å². The van der Waals surface area contributed by atoms with Crippen LogP contribution in [0.25, 0.3) is 0 Å². The van der Waals surface area contributed by atoms with Crippen molar-refractivity contribution in [1.29, 1.82) is 0 Å². The topological polar surface area (TPSA) is 41.3 Å². The average Bonchev–Trinajstić information content (AvgIpc) is 2.63. The van der Waals surface area contributed by atoms with Crippen LogP contribution in [0.15, 0.2) is 11.6 Å². The molecule has 0 aromatic rings. The van der Waals surface area contributed by atoms with Crippen molar-refractivity contribution >= 4 is 0 Å². The molecule has 1 unspecified atom stereocenters. The van der Waals surface area contributed by atoms with Gasteiger partial charge in [-0.1, -0.05) is 24.5 Å². The number of hydrogen-bond acceptors (Lipinski definition) is 3. The molecule has 3 heteroatoms. The molecule has 1 saturated carbocycles. The predicted octanol–water partition coefficient (Wildman–Crippen LogP) is 1.66. The predicted molar refractivity (Wildman–Crippen MR) is 65.4 cm³/mol. The molecule has 1 aliphatic carbocycles. The summed E-state index contributed by atoms with van der Waals surface area (Å²) in [5.74, 6) is 5.70. The highest BCUT2D eigenvalue weighted by Gasteiger charge is 2.41. The van der Waals surface area contributed by atoms with E-state index >= 15 is 0 Å². The van der Waals surface area contributed by atoms with Crippen LogP contribution in [0, 0.1) is 0 Å². The second kappa shape index (κ2) is 5.10. The van der Waals surface area contributed by atoms with Crippen molar-refractivity contribution in [3.05, 3.63) is 11.6 Å². The molecule has 0 aromatic carbocycles. The van der Waals surface area contributed by atoms with Crippen molar-refractivity contribution in [2.45, 2.75) is 51.1 Å². The second-order valence-corrected chi connectivity index (χ2v) is 5.09. The monoisotopic (exact) mass is 211 g/mol. The summed E-state index contributed by atoms with van der Waals surface area (Å²) in [5.41, 5.74) is 4.52. The first-order valence-electron chi connectivity index (χ1n) is 5.81. The molecule has 3 N–H and O–H groups in total. The van der Waals surface area contributed by atoms with E-state index in [1.54, 1.807) is 0 Å². The minimum absolute atomic E-state index is 0.214. The molecular weight excluding hydrogens is 186 g/mol. The van der Waals surface area contributed by atoms with Gasteiger partial charge in [0.1, 0.15) is 0 Å². The van der Waals surface area contributed by atoms with Crippen LogP contribution < -0.4 is 11.3 Å². The van der Waals surface area contributed by atoms with Gasteiger partial charge in [0.2, 0.25) is 0 Å². The van der Waals surface area contributed by atoms with Crippen molar-refractivity contribution in [3.63, 3.8) is 0 Å². The Morgan fingerprint density at radius 3 is 2.20 bits per heavy atom. The minimum Gasteiger partial charge on any atom is -0.302 e. The highest BCUT2D eigenvalue weighted by molar-refractivity contribution is 5.13. The largest absolute Gasteiger partial charge is 0.302 e. The molecule has 1 aliphatic rings. The van der Waals surface area contributed by atoms with Crippen LogP contribution in [0.5, 0.6) is 0 Å². The Hall–Kier alpha value is -0.380. The molecule has 3 nitrogen and oxygen atoms in total. The fraction of sp³-hybridized carbons (Fsp3) is 0.833. The molecule has 0 radical (unpaired) electrons. The lowest BCUT2D eigenvalue weighted by molar-refractivity contribution is 0.124. The van der Waals surface area contributed by atoms with Crippen LogP contribution in [-0.2, 0) is 0 Å². The summed E-state index contributed by atoms with van der Waals surface area (Å²) in [5, 5.41) is 0. The maximum atomic E-state index is 5.70. The quantitative estimate of drug-likeness (QED) is 0.422. The summed E-state index contributed by atoms with van der Waals surface area (Å²) in [4.78, 5) is 2.34. The molecule has 0 saturated heterocycles. The Balaban J connectivity index is 2.91. The first-order chi connectivity index (χ1) is 7.03. The summed E-state index contributed by atoms with van der Waals surface area (Å²) in [6.07, 6.45) is 7.35. The molecule has 0 amide bonds. The summed E-state index contributed by atoms with van der Waals surface area (Å²) >= 11 is 0. The van der Waals surface area contributed by atoms with E-state index in [0.717, 1.165) is 0 Å². The number of nitrogens with one attached hydrogen (secondary N) is 1. The van der Waals surface area contributed by atoms with Gasteiger partial charge in [-0.2, -0.15) is 0 Å². The third-order valence-electron chi connectivity index (χ3n) is 3.62. The van der Waals surface area contributed by atoms with Crippen molar-refractivity contribution in [2.24, 2.45) is 5.84 Å². The van der Waals surface area contributed by atoms with Crippen molar-refractivity contribution in [3.8, 4) is 0 Å². The number of rotatable bonds is 4. The number of hydrazine groups is 1. The minimum atomic E-state index is 0.214. The Morgan fingerprint density at radius 2 is 1.87 bits per heavy atom. The molecule has 15 heavy (non-hydrogen) atoms. The molecule has 0 heterocycles. The molecule has 0 spiro atoms. The van der Waals surface area contributed by atoms with Gasteiger partial charge in [-0.05, 0) is 40.8 Å². The number of likely N-dealkylation sites (N-methyl/N-ethyl adjacent to an activating group) is 1. The van der Waals surface area contributed by atoms with Crippen LogP contribution in [0.1, 0.15) is 39.5 Å².